The zero-order valence-electron chi connectivity index (χ0n) is 11.6. The molecule has 0 aromatic carbocycles. The molecular weight excluding hydrogens is 252 g/mol. The summed E-state index contributed by atoms with van der Waals surface area (Å²) in [5.41, 5.74) is 4.14. The van der Waals surface area contributed by atoms with Crippen LogP contribution < -0.4 is 0 Å². The predicted octanol–water partition coefficient (Wildman–Crippen LogP) is 1.92. The summed E-state index contributed by atoms with van der Waals surface area (Å²) in [6, 6.07) is 4.26. The second kappa shape index (κ2) is 4.23. The van der Waals surface area contributed by atoms with Crippen molar-refractivity contribution in [1.29, 1.82) is 0 Å². The first-order chi connectivity index (χ1) is 9.75. The first kappa shape index (κ1) is 11.8. The SMILES string of the molecule is C[C@H]1c2cccn2CCN1C(=O)c1n[nH]c2c1CCC2. The summed E-state index contributed by atoms with van der Waals surface area (Å²) in [6.07, 6.45) is 5.21. The standard InChI is InChI=1S/C15H18N4O/c1-10-13-6-3-7-18(13)8-9-19(10)15(20)14-11-4-2-5-12(11)16-17-14/h3,6-7,10H,2,4-5,8-9H2,1H3,(H,16,17)/t10-/m0/s1. The van der Waals surface area contributed by atoms with Crippen LogP contribution in [0.4, 0.5) is 0 Å². The van der Waals surface area contributed by atoms with Crippen LogP contribution in [0.25, 0.3) is 0 Å². The van der Waals surface area contributed by atoms with Crippen LogP contribution in [0.2, 0.25) is 0 Å². The number of carbonyl (C=O) groups is 1. The van der Waals surface area contributed by atoms with E-state index in [0.717, 1.165) is 43.6 Å². The van der Waals surface area contributed by atoms with Gasteiger partial charge in [-0.15, -0.1) is 0 Å². The van der Waals surface area contributed by atoms with E-state index in [-0.39, 0.29) is 11.9 Å². The van der Waals surface area contributed by atoms with Gasteiger partial charge in [0.1, 0.15) is 0 Å². The minimum atomic E-state index is 0.0735. The van der Waals surface area contributed by atoms with Crippen LogP contribution in [-0.4, -0.2) is 32.1 Å². The molecule has 0 fully saturated rings. The fourth-order valence-corrected chi connectivity index (χ4v) is 3.49. The van der Waals surface area contributed by atoms with E-state index in [0.29, 0.717) is 5.69 Å². The fraction of sp³-hybridized carbons (Fsp3) is 0.467. The number of aryl methyl sites for hydroxylation is 1. The molecule has 0 radical (unpaired) electrons. The topological polar surface area (TPSA) is 53.9 Å². The Labute approximate surface area is 117 Å². The van der Waals surface area contributed by atoms with Crippen LogP contribution in [0.15, 0.2) is 18.3 Å². The Bertz CT molecular complexity index is 669. The van der Waals surface area contributed by atoms with Gasteiger partial charge >= 0.3 is 0 Å². The van der Waals surface area contributed by atoms with Gasteiger partial charge in [-0.1, -0.05) is 0 Å². The van der Waals surface area contributed by atoms with Gasteiger partial charge in [0.05, 0.1) is 6.04 Å². The van der Waals surface area contributed by atoms with Crippen molar-refractivity contribution in [3.63, 3.8) is 0 Å². The molecule has 0 saturated heterocycles. The van der Waals surface area contributed by atoms with Gasteiger partial charge in [0.25, 0.3) is 5.91 Å². The predicted molar refractivity (Wildman–Crippen MR) is 74.5 cm³/mol. The summed E-state index contributed by atoms with van der Waals surface area (Å²) in [5, 5.41) is 7.30. The highest BCUT2D eigenvalue weighted by Crippen LogP contribution is 2.29. The molecule has 0 unspecified atom stereocenters. The first-order valence-corrected chi connectivity index (χ1v) is 7.28. The molecule has 1 amide bonds. The molecule has 3 heterocycles. The Morgan fingerprint density at radius 2 is 2.30 bits per heavy atom. The summed E-state index contributed by atoms with van der Waals surface area (Å²) >= 11 is 0. The van der Waals surface area contributed by atoms with Gasteiger partial charge < -0.3 is 9.47 Å². The Hall–Kier alpha value is -2.04. The number of nitrogens with zero attached hydrogens (tertiary/aromatic N) is 3. The summed E-state index contributed by atoms with van der Waals surface area (Å²) in [5.74, 6) is 0.0735. The van der Waals surface area contributed by atoms with E-state index >= 15 is 0 Å². The lowest BCUT2D eigenvalue weighted by atomic mass is 10.1. The van der Waals surface area contributed by atoms with Crippen molar-refractivity contribution in [2.45, 2.75) is 38.8 Å². The highest BCUT2D eigenvalue weighted by molar-refractivity contribution is 5.94. The molecule has 104 valence electrons. The largest absolute Gasteiger partial charge is 0.348 e. The lowest BCUT2D eigenvalue weighted by molar-refractivity contribution is 0.0637. The van der Waals surface area contributed by atoms with Gasteiger partial charge in [0.15, 0.2) is 5.69 Å². The lowest BCUT2D eigenvalue weighted by Crippen LogP contribution is -2.41. The van der Waals surface area contributed by atoms with Gasteiger partial charge in [0, 0.05) is 36.2 Å². The molecule has 1 N–H and O–H groups in total. The Kier molecular flexibility index (Phi) is 2.49. The summed E-state index contributed by atoms with van der Waals surface area (Å²) in [6.45, 7) is 3.71. The number of nitrogens with one attached hydrogen (secondary N) is 1. The molecule has 2 aromatic heterocycles. The van der Waals surface area contributed by atoms with Gasteiger partial charge in [-0.2, -0.15) is 5.10 Å². The van der Waals surface area contributed by atoms with Crippen LogP contribution >= 0.6 is 0 Å². The maximum absolute atomic E-state index is 12.8. The van der Waals surface area contributed by atoms with E-state index in [1.54, 1.807) is 0 Å². The maximum Gasteiger partial charge on any atom is 0.275 e. The smallest absolute Gasteiger partial charge is 0.275 e. The normalized spacial score (nSPS) is 20.9. The Balaban J connectivity index is 1.66. The number of carbonyl (C=O) groups excluding carboxylic acids is 1. The van der Waals surface area contributed by atoms with Crippen molar-refractivity contribution in [1.82, 2.24) is 19.7 Å². The minimum absolute atomic E-state index is 0.0735. The Morgan fingerprint density at radius 1 is 1.40 bits per heavy atom. The van der Waals surface area contributed by atoms with Gasteiger partial charge in [0.2, 0.25) is 0 Å². The van der Waals surface area contributed by atoms with Crippen molar-refractivity contribution in [2.24, 2.45) is 0 Å². The van der Waals surface area contributed by atoms with Crippen molar-refractivity contribution in [2.75, 3.05) is 6.54 Å². The summed E-state index contributed by atoms with van der Waals surface area (Å²) in [7, 11) is 0. The highest BCUT2D eigenvalue weighted by atomic mass is 16.2. The lowest BCUT2D eigenvalue weighted by Gasteiger charge is -2.34. The molecule has 1 atom stereocenters. The third kappa shape index (κ3) is 1.55. The van der Waals surface area contributed by atoms with Crippen LogP contribution in [0.1, 0.15) is 46.8 Å². The molecule has 0 bridgehead atoms. The highest BCUT2D eigenvalue weighted by Gasteiger charge is 2.32. The number of hydrogen-bond donors (Lipinski definition) is 1. The zero-order valence-corrected chi connectivity index (χ0v) is 11.6. The van der Waals surface area contributed by atoms with Crippen LogP contribution in [0, 0.1) is 0 Å². The molecule has 2 aliphatic rings. The van der Waals surface area contributed by atoms with Crippen molar-refractivity contribution in [3.8, 4) is 0 Å². The molecule has 0 spiro atoms. The number of amides is 1. The number of rotatable bonds is 1. The molecule has 1 aliphatic heterocycles. The molecule has 4 rings (SSSR count). The molecule has 5 heteroatoms. The molecular formula is C15H18N4O. The van der Waals surface area contributed by atoms with Gasteiger partial charge in [-0.3, -0.25) is 9.89 Å². The minimum Gasteiger partial charge on any atom is -0.348 e. The number of hydrogen-bond acceptors (Lipinski definition) is 2. The molecule has 5 nitrogen and oxygen atoms in total. The van der Waals surface area contributed by atoms with E-state index < -0.39 is 0 Å². The number of fused-ring (bicyclic) bond motifs is 2. The van der Waals surface area contributed by atoms with E-state index in [2.05, 4.69) is 34.0 Å². The van der Waals surface area contributed by atoms with Crippen LogP contribution in [-0.2, 0) is 19.4 Å². The first-order valence-electron chi connectivity index (χ1n) is 7.28. The monoisotopic (exact) mass is 270 g/mol. The fourth-order valence-electron chi connectivity index (χ4n) is 3.49. The molecule has 2 aromatic rings. The maximum atomic E-state index is 12.8. The number of aromatic nitrogens is 3. The average molecular weight is 270 g/mol. The van der Waals surface area contributed by atoms with Crippen LogP contribution in [0.3, 0.4) is 0 Å². The van der Waals surface area contributed by atoms with Crippen molar-refractivity contribution in [3.05, 3.63) is 41.0 Å². The third-order valence-corrected chi connectivity index (χ3v) is 4.61. The van der Waals surface area contributed by atoms with Crippen molar-refractivity contribution >= 4 is 5.91 Å². The van der Waals surface area contributed by atoms with E-state index in [1.807, 2.05) is 11.0 Å². The molecule has 20 heavy (non-hydrogen) atoms. The quantitative estimate of drug-likeness (QED) is 0.860. The number of aromatic amines is 1. The summed E-state index contributed by atoms with van der Waals surface area (Å²) < 4.78 is 2.23. The summed E-state index contributed by atoms with van der Waals surface area (Å²) in [4.78, 5) is 14.7. The Morgan fingerprint density at radius 3 is 3.20 bits per heavy atom. The van der Waals surface area contributed by atoms with Crippen LogP contribution in [0.5, 0.6) is 0 Å². The zero-order chi connectivity index (χ0) is 13.7. The molecule has 0 saturated carbocycles. The van der Waals surface area contributed by atoms with Crippen molar-refractivity contribution < 1.29 is 4.79 Å². The third-order valence-electron chi connectivity index (χ3n) is 4.61. The van der Waals surface area contributed by atoms with Gasteiger partial charge in [-0.05, 0) is 38.3 Å². The van der Waals surface area contributed by atoms with Gasteiger partial charge in [-0.25, -0.2) is 0 Å². The second-order valence-corrected chi connectivity index (χ2v) is 5.68. The van der Waals surface area contributed by atoms with E-state index in [9.17, 15) is 4.79 Å². The number of H-pyrrole nitrogens is 1. The van der Waals surface area contributed by atoms with E-state index in [1.165, 1.54) is 5.69 Å². The second-order valence-electron chi connectivity index (χ2n) is 5.68. The average Bonchev–Trinajstić information content (AvgIpc) is 3.14. The molecule has 1 aliphatic carbocycles. The van der Waals surface area contributed by atoms with E-state index in [4.69, 9.17) is 0 Å².